The molecule has 9 atom stereocenters. The van der Waals surface area contributed by atoms with Gasteiger partial charge in [-0.25, -0.2) is 4.57 Å². The number of aliphatic hydroxyl groups excluding tert-OH is 1. The second-order valence-corrected chi connectivity index (χ2v) is 26.6. The molecule has 1 fully saturated rings. The maximum Gasteiger partial charge on any atom is 0.470 e. The van der Waals surface area contributed by atoms with E-state index in [1.807, 2.05) is 20.8 Å². The highest BCUT2D eigenvalue weighted by molar-refractivity contribution is 7.46. The number of nitrogens with two attached hydrogens (primary N) is 1. The van der Waals surface area contributed by atoms with Crippen LogP contribution < -0.4 is 16.4 Å². The molecule has 1 aliphatic heterocycles. The van der Waals surface area contributed by atoms with Crippen LogP contribution in [-0.4, -0.2) is 125 Å². The first kappa shape index (κ1) is 85.3. The number of carbonyl (C=O) groups excluding carboxylic acids is 7. The van der Waals surface area contributed by atoms with Crippen LogP contribution in [0.4, 0.5) is 0 Å². The van der Waals surface area contributed by atoms with Gasteiger partial charge in [-0.3, -0.25) is 38.1 Å². The number of phosphoric ester groups is 1. The molecule has 532 valence electrons. The van der Waals surface area contributed by atoms with Crippen LogP contribution in [-0.2, 0) is 71.1 Å². The number of nitrogens with one attached hydrogen (secondary N) is 2. The Labute approximate surface area is 548 Å². The number of phosphoric acid groups is 1. The van der Waals surface area contributed by atoms with Crippen molar-refractivity contribution in [3.05, 3.63) is 0 Å². The van der Waals surface area contributed by atoms with Gasteiger partial charge in [-0.15, -0.1) is 0 Å². The zero-order valence-corrected chi connectivity index (χ0v) is 58.3. The highest BCUT2D eigenvalue weighted by atomic mass is 31.2. The molecule has 1 rings (SSSR count). The van der Waals surface area contributed by atoms with Crippen LogP contribution >= 0.6 is 7.82 Å². The van der Waals surface area contributed by atoms with Crippen molar-refractivity contribution in [2.45, 2.75) is 385 Å². The van der Waals surface area contributed by atoms with E-state index < -0.39 is 130 Å². The van der Waals surface area contributed by atoms with E-state index in [0.717, 1.165) is 141 Å². The van der Waals surface area contributed by atoms with Gasteiger partial charge in [0, 0.05) is 19.3 Å². The van der Waals surface area contributed by atoms with Crippen LogP contribution in [0.2, 0.25) is 0 Å². The van der Waals surface area contributed by atoms with E-state index in [4.69, 9.17) is 38.7 Å². The van der Waals surface area contributed by atoms with Crippen molar-refractivity contribution >= 4 is 49.4 Å². The van der Waals surface area contributed by atoms with Gasteiger partial charge < -0.3 is 59.7 Å². The number of hydrogen-bond acceptors (Lipinski definition) is 16. The lowest BCUT2D eigenvalue weighted by molar-refractivity contribution is -0.272. The molecule has 0 spiro atoms. The number of aliphatic hydroxyl groups is 1. The molecule has 0 aromatic carbocycles. The summed E-state index contributed by atoms with van der Waals surface area (Å²) in [6.45, 7) is 10.8. The van der Waals surface area contributed by atoms with E-state index in [2.05, 4.69) is 31.4 Å². The molecule has 0 bridgehead atoms. The van der Waals surface area contributed by atoms with Crippen LogP contribution in [0.15, 0.2) is 0 Å². The minimum absolute atomic E-state index is 0.119. The number of hydrogen-bond donors (Lipinski definition) is 6. The van der Waals surface area contributed by atoms with Gasteiger partial charge in [-0.2, -0.15) is 0 Å². The zero-order chi connectivity index (χ0) is 67.3. The lowest BCUT2D eigenvalue weighted by Gasteiger charge is -2.45. The fourth-order valence-corrected chi connectivity index (χ4v) is 12.0. The molecule has 0 radical (unpaired) electrons. The smallest absolute Gasteiger partial charge is 0.462 e. The van der Waals surface area contributed by atoms with Crippen molar-refractivity contribution < 1.29 is 86.0 Å². The normalized spacial score (nSPS) is 18.0. The standard InChI is InChI=1S/C69H128N3O18P/c1-7-13-19-22-25-28-31-34-40-43-54(85-61(76)46-37-16-10-4)49-59(74)71-57(68(70)80)53-84-69-65(72-60(75)50-55(86-62(77)47-38-17-11-5)44-41-35-32-29-26-23-20-14-8-2)67(66(58(52-73)88-69)90-91(81,82)83)89-64(79)51-56(87-63(78)48-39-18-12-6)45-42-36-33-30-27-24-21-15-9-3/h54-58,65-67,69,73H,7-53H2,1-6H3,(H2,70,80)(H,71,74)(H,72,75)(H2,81,82,83)/t54-,55-,56-,57+,58-,65-,66-,67-,69-/m1/s1. The second-order valence-electron chi connectivity index (χ2n) is 25.4. The van der Waals surface area contributed by atoms with Gasteiger partial charge in [-0.05, 0) is 57.8 Å². The van der Waals surface area contributed by atoms with Gasteiger partial charge in [0.05, 0.1) is 32.5 Å². The Morgan fingerprint density at radius 3 is 1.15 bits per heavy atom. The first-order valence-electron chi connectivity index (χ1n) is 36.1. The van der Waals surface area contributed by atoms with Crippen LogP contribution in [0.5, 0.6) is 0 Å². The second kappa shape index (κ2) is 55.6. The molecule has 0 aliphatic carbocycles. The predicted molar refractivity (Wildman–Crippen MR) is 353 cm³/mol. The predicted octanol–water partition coefficient (Wildman–Crippen LogP) is 14.0. The van der Waals surface area contributed by atoms with Crippen LogP contribution in [0.1, 0.15) is 330 Å². The topological polar surface area (TPSA) is 312 Å². The SMILES string of the molecule is CCCCCCCCCCC[C@H](CC(=O)N[C@H]1[C@H](OC[C@H](NC(=O)C[C@@H](CCCCCCCCCCC)OC(=O)CCCCC)C(N)=O)O[C@H](CO)[C@@H](OP(=O)(O)O)[C@@H]1OC(=O)C[C@@H](CCCCCCCCCCC)OC(=O)CCCCC)OC(=O)CCCCC. The highest BCUT2D eigenvalue weighted by Gasteiger charge is 2.52. The summed E-state index contributed by atoms with van der Waals surface area (Å²) in [5.74, 6) is -4.97. The van der Waals surface area contributed by atoms with Gasteiger partial charge in [-0.1, -0.05) is 234 Å². The summed E-state index contributed by atoms with van der Waals surface area (Å²) in [6, 6.07) is -3.32. The molecule has 1 saturated heterocycles. The van der Waals surface area contributed by atoms with Crippen LogP contribution in [0.3, 0.4) is 0 Å². The van der Waals surface area contributed by atoms with E-state index in [1.54, 1.807) is 0 Å². The number of esters is 4. The molecule has 0 saturated carbocycles. The lowest BCUT2D eigenvalue weighted by Crippen LogP contribution is -2.67. The monoisotopic (exact) mass is 1320 g/mol. The van der Waals surface area contributed by atoms with E-state index in [0.29, 0.717) is 57.8 Å². The number of primary amides is 1. The molecule has 0 aromatic heterocycles. The van der Waals surface area contributed by atoms with Crippen molar-refractivity contribution in [3.63, 3.8) is 0 Å². The molecule has 22 heteroatoms. The van der Waals surface area contributed by atoms with Gasteiger partial charge >= 0.3 is 31.7 Å². The molecule has 1 aliphatic rings. The molecule has 1 heterocycles. The summed E-state index contributed by atoms with van der Waals surface area (Å²) in [5, 5.41) is 16.2. The van der Waals surface area contributed by atoms with E-state index in [9.17, 15) is 53.0 Å². The third-order valence-corrected chi connectivity index (χ3v) is 17.3. The molecule has 91 heavy (non-hydrogen) atoms. The lowest BCUT2D eigenvalue weighted by atomic mass is 9.95. The summed E-state index contributed by atoms with van der Waals surface area (Å²) in [7, 11) is -5.53. The van der Waals surface area contributed by atoms with Crippen LogP contribution in [0, 0.1) is 0 Å². The molecule has 3 amide bonds. The summed E-state index contributed by atoms with van der Waals surface area (Å²) in [4.78, 5) is 116. The first-order chi connectivity index (χ1) is 43.8. The minimum atomic E-state index is -5.53. The Kier molecular flexibility index (Phi) is 52.1. The van der Waals surface area contributed by atoms with Crippen molar-refractivity contribution in [3.8, 4) is 0 Å². The summed E-state index contributed by atoms with van der Waals surface area (Å²) in [5.41, 5.74) is 5.90. The van der Waals surface area contributed by atoms with Crippen molar-refractivity contribution in [2.75, 3.05) is 13.2 Å². The van der Waals surface area contributed by atoms with E-state index in [1.165, 1.54) is 51.4 Å². The average Bonchev–Trinajstić information content (AvgIpc) is 1.06. The third-order valence-electron chi connectivity index (χ3n) is 16.7. The van der Waals surface area contributed by atoms with Crippen molar-refractivity contribution in [1.82, 2.24) is 10.6 Å². The van der Waals surface area contributed by atoms with E-state index in [-0.39, 0.29) is 25.7 Å². The number of unbranched alkanes of at least 4 members (excludes halogenated alkanes) is 30. The Hall–Kier alpha value is -3.72. The Morgan fingerprint density at radius 2 is 0.802 bits per heavy atom. The first-order valence-corrected chi connectivity index (χ1v) is 37.6. The Morgan fingerprint density at radius 1 is 0.462 bits per heavy atom. The Balaban J connectivity index is 3.78. The number of carbonyl (C=O) groups is 7. The molecule has 21 nitrogen and oxygen atoms in total. The Bertz CT molecular complexity index is 1960. The van der Waals surface area contributed by atoms with Gasteiger partial charge in [0.15, 0.2) is 12.4 Å². The van der Waals surface area contributed by atoms with Crippen molar-refractivity contribution in [2.24, 2.45) is 5.73 Å². The fraction of sp³-hybridized carbons (Fsp3) is 0.899. The van der Waals surface area contributed by atoms with Crippen molar-refractivity contribution in [1.29, 1.82) is 0 Å². The molecular weight excluding hydrogens is 1190 g/mol. The summed E-state index contributed by atoms with van der Waals surface area (Å²) < 4.78 is 54.2. The number of amides is 3. The van der Waals surface area contributed by atoms with Crippen LogP contribution in [0.25, 0.3) is 0 Å². The number of ether oxygens (including phenoxy) is 6. The van der Waals surface area contributed by atoms with Gasteiger partial charge in [0.2, 0.25) is 17.7 Å². The fourth-order valence-electron chi connectivity index (χ4n) is 11.4. The zero-order valence-electron chi connectivity index (χ0n) is 57.4. The molecule has 0 unspecified atom stereocenters. The largest absolute Gasteiger partial charge is 0.470 e. The minimum Gasteiger partial charge on any atom is -0.462 e. The number of rotatable bonds is 61. The molecular formula is C69H128N3O18P. The quantitative estimate of drug-likeness (QED) is 0.0143. The third kappa shape index (κ3) is 45.3. The average molecular weight is 1320 g/mol. The maximum absolute atomic E-state index is 14.6. The molecule has 7 N–H and O–H groups in total. The van der Waals surface area contributed by atoms with Gasteiger partial charge in [0.1, 0.15) is 42.6 Å². The summed E-state index contributed by atoms with van der Waals surface area (Å²) in [6.07, 6.45) is 24.9. The van der Waals surface area contributed by atoms with E-state index >= 15 is 0 Å². The maximum atomic E-state index is 14.6. The highest BCUT2D eigenvalue weighted by Crippen LogP contribution is 2.42. The summed E-state index contributed by atoms with van der Waals surface area (Å²) >= 11 is 0. The van der Waals surface area contributed by atoms with Gasteiger partial charge in [0.25, 0.3) is 0 Å². The molecule has 0 aromatic rings.